The Kier molecular flexibility index (Phi) is 9.45. The summed E-state index contributed by atoms with van der Waals surface area (Å²) in [6.07, 6.45) is 2.23. The summed E-state index contributed by atoms with van der Waals surface area (Å²) in [5.41, 5.74) is 2.63. The molecule has 0 aromatic heterocycles. The van der Waals surface area contributed by atoms with E-state index in [4.69, 9.17) is 0 Å². The monoisotopic (exact) mass is 519 g/mol. The standard InChI is InChI=1S/C30H37N3O5/c1-6-18(4)26-23(21-14-10-11-15-22(21)28(35)32-26)16-24(34)31-25(17(2)3)29(36)33-27(30(37)38)19(5)20-12-8-7-9-13-20/h7-19,25-27H,6H2,1-5H3,(H,31,34)(H,32,35)(H,33,36)(H,37,38)/b23-16+. The molecule has 0 spiro atoms. The number of carboxylic acid groups (broad SMARTS) is 1. The molecule has 8 nitrogen and oxygen atoms in total. The summed E-state index contributed by atoms with van der Waals surface area (Å²) in [6.45, 7) is 9.34. The van der Waals surface area contributed by atoms with Crippen LogP contribution in [0.3, 0.4) is 0 Å². The Morgan fingerprint density at radius 1 is 0.921 bits per heavy atom. The van der Waals surface area contributed by atoms with Crippen LogP contribution in [-0.2, 0) is 14.4 Å². The Labute approximate surface area is 223 Å². The third kappa shape index (κ3) is 6.49. The molecule has 2 aromatic carbocycles. The second-order valence-corrected chi connectivity index (χ2v) is 10.2. The van der Waals surface area contributed by atoms with Crippen LogP contribution in [0.15, 0.2) is 60.7 Å². The van der Waals surface area contributed by atoms with E-state index >= 15 is 0 Å². The number of benzene rings is 2. The van der Waals surface area contributed by atoms with E-state index in [0.717, 1.165) is 12.0 Å². The molecule has 0 bridgehead atoms. The Morgan fingerprint density at radius 3 is 2.11 bits per heavy atom. The summed E-state index contributed by atoms with van der Waals surface area (Å²) >= 11 is 0. The fourth-order valence-corrected chi connectivity index (χ4v) is 4.71. The Morgan fingerprint density at radius 2 is 1.53 bits per heavy atom. The van der Waals surface area contributed by atoms with Crippen LogP contribution in [0.25, 0.3) is 5.57 Å². The first-order valence-corrected chi connectivity index (χ1v) is 13.1. The molecule has 1 aliphatic rings. The number of hydrogen-bond acceptors (Lipinski definition) is 4. The van der Waals surface area contributed by atoms with Crippen molar-refractivity contribution >= 4 is 29.3 Å². The SMILES string of the molecule is CCC(C)C1NC(=O)c2ccccc2/C1=C\C(=O)NC(C(=O)NC(C(=O)O)C(C)c1ccccc1)C(C)C. The highest BCUT2D eigenvalue weighted by Crippen LogP contribution is 2.31. The van der Waals surface area contributed by atoms with Crippen LogP contribution in [-0.4, -0.2) is 46.9 Å². The Bertz CT molecular complexity index is 1210. The van der Waals surface area contributed by atoms with Gasteiger partial charge < -0.3 is 21.1 Å². The van der Waals surface area contributed by atoms with E-state index in [-0.39, 0.29) is 23.8 Å². The van der Waals surface area contributed by atoms with Crippen LogP contribution in [0, 0.1) is 11.8 Å². The number of nitrogens with one attached hydrogen (secondary N) is 3. The maximum Gasteiger partial charge on any atom is 0.326 e. The van der Waals surface area contributed by atoms with Gasteiger partial charge in [-0.2, -0.15) is 0 Å². The molecule has 38 heavy (non-hydrogen) atoms. The minimum Gasteiger partial charge on any atom is -0.480 e. The molecule has 3 rings (SSSR count). The molecule has 8 heteroatoms. The lowest BCUT2D eigenvalue weighted by Gasteiger charge is -2.32. The molecule has 0 saturated carbocycles. The van der Waals surface area contributed by atoms with E-state index < -0.39 is 35.8 Å². The maximum absolute atomic E-state index is 13.3. The van der Waals surface area contributed by atoms with Crippen LogP contribution in [0.5, 0.6) is 0 Å². The Hall–Kier alpha value is -3.94. The van der Waals surface area contributed by atoms with Gasteiger partial charge in [0, 0.05) is 17.6 Å². The predicted octanol–water partition coefficient (Wildman–Crippen LogP) is 3.74. The van der Waals surface area contributed by atoms with Crippen molar-refractivity contribution in [3.05, 3.63) is 77.4 Å². The van der Waals surface area contributed by atoms with Gasteiger partial charge in [0.1, 0.15) is 12.1 Å². The van der Waals surface area contributed by atoms with Crippen molar-refractivity contribution in [3.63, 3.8) is 0 Å². The summed E-state index contributed by atoms with van der Waals surface area (Å²) in [7, 11) is 0. The lowest BCUT2D eigenvalue weighted by Crippen LogP contribution is -2.54. The second-order valence-electron chi connectivity index (χ2n) is 10.2. The average molecular weight is 520 g/mol. The number of aliphatic carboxylic acids is 1. The van der Waals surface area contributed by atoms with Crippen LogP contribution in [0.4, 0.5) is 0 Å². The molecule has 202 valence electrons. The van der Waals surface area contributed by atoms with Gasteiger partial charge >= 0.3 is 5.97 Å². The van der Waals surface area contributed by atoms with E-state index in [9.17, 15) is 24.3 Å². The summed E-state index contributed by atoms with van der Waals surface area (Å²) < 4.78 is 0. The van der Waals surface area contributed by atoms with Crippen LogP contribution >= 0.6 is 0 Å². The van der Waals surface area contributed by atoms with E-state index in [0.29, 0.717) is 16.7 Å². The van der Waals surface area contributed by atoms with Gasteiger partial charge in [-0.15, -0.1) is 0 Å². The van der Waals surface area contributed by atoms with Gasteiger partial charge in [-0.05, 0) is 34.6 Å². The van der Waals surface area contributed by atoms with Crippen molar-refractivity contribution in [2.75, 3.05) is 0 Å². The summed E-state index contributed by atoms with van der Waals surface area (Å²) in [5, 5.41) is 18.3. The molecule has 0 radical (unpaired) electrons. The number of carboxylic acids is 1. The lowest BCUT2D eigenvalue weighted by atomic mass is 9.82. The number of rotatable bonds is 10. The third-order valence-electron chi connectivity index (χ3n) is 7.24. The molecule has 5 atom stereocenters. The second kappa shape index (κ2) is 12.5. The molecule has 1 heterocycles. The van der Waals surface area contributed by atoms with Gasteiger partial charge in [-0.1, -0.05) is 89.6 Å². The number of carbonyl (C=O) groups is 4. The molecule has 0 saturated heterocycles. The molecule has 3 amide bonds. The lowest BCUT2D eigenvalue weighted by molar-refractivity contribution is -0.143. The van der Waals surface area contributed by atoms with E-state index in [2.05, 4.69) is 16.0 Å². The molecular weight excluding hydrogens is 482 g/mol. The zero-order valence-corrected chi connectivity index (χ0v) is 22.5. The van der Waals surface area contributed by atoms with Gasteiger partial charge in [-0.25, -0.2) is 4.79 Å². The van der Waals surface area contributed by atoms with Crippen molar-refractivity contribution in [2.24, 2.45) is 11.8 Å². The number of carbonyl (C=O) groups excluding carboxylic acids is 3. The van der Waals surface area contributed by atoms with Crippen molar-refractivity contribution in [2.45, 2.75) is 65.1 Å². The number of fused-ring (bicyclic) bond motifs is 1. The van der Waals surface area contributed by atoms with Crippen LogP contribution in [0.1, 0.15) is 68.4 Å². The number of amides is 3. The molecular formula is C30H37N3O5. The maximum atomic E-state index is 13.3. The van der Waals surface area contributed by atoms with Crippen molar-refractivity contribution in [1.82, 2.24) is 16.0 Å². The van der Waals surface area contributed by atoms with Gasteiger partial charge in [0.2, 0.25) is 11.8 Å². The molecule has 5 unspecified atom stereocenters. The van der Waals surface area contributed by atoms with Gasteiger partial charge in [0.25, 0.3) is 5.91 Å². The smallest absolute Gasteiger partial charge is 0.326 e. The highest BCUT2D eigenvalue weighted by Gasteiger charge is 2.34. The quantitative estimate of drug-likeness (QED) is 0.356. The van der Waals surface area contributed by atoms with Gasteiger partial charge in [-0.3, -0.25) is 14.4 Å². The van der Waals surface area contributed by atoms with Gasteiger partial charge in [0.15, 0.2) is 0 Å². The van der Waals surface area contributed by atoms with Crippen LogP contribution in [0.2, 0.25) is 0 Å². The largest absolute Gasteiger partial charge is 0.480 e. The summed E-state index contributed by atoms with van der Waals surface area (Å²) in [4.78, 5) is 51.2. The molecule has 0 aliphatic carbocycles. The predicted molar refractivity (Wildman–Crippen MR) is 146 cm³/mol. The highest BCUT2D eigenvalue weighted by molar-refractivity contribution is 6.07. The minimum atomic E-state index is -1.17. The van der Waals surface area contributed by atoms with Crippen molar-refractivity contribution < 1.29 is 24.3 Å². The normalized spacial score (nSPS) is 19.1. The molecule has 2 aromatic rings. The van der Waals surface area contributed by atoms with Crippen molar-refractivity contribution in [1.29, 1.82) is 0 Å². The van der Waals surface area contributed by atoms with E-state index in [1.54, 1.807) is 32.9 Å². The first-order chi connectivity index (χ1) is 18.0. The zero-order chi connectivity index (χ0) is 28.0. The molecule has 4 N–H and O–H groups in total. The summed E-state index contributed by atoms with van der Waals surface area (Å²) in [6, 6.07) is 13.7. The molecule has 1 aliphatic heterocycles. The average Bonchev–Trinajstić information content (AvgIpc) is 2.91. The first-order valence-electron chi connectivity index (χ1n) is 13.1. The zero-order valence-electron chi connectivity index (χ0n) is 22.5. The fourth-order valence-electron chi connectivity index (χ4n) is 4.71. The molecule has 0 fully saturated rings. The topological polar surface area (TPSA) is 125 Å². The van der Waals surface area contributed by atoms with Crippen molar-refractivity contribution in [3.8, 4) is 0 Å². The third-order valence-corrected chi connectivity index (χ3v) is 7.24. The minimum absolute atomic E-state index is 0.0753. The first kappa shape index (κ1) is 28.6. The summed E-state index contributed by atoms with van der Waals surface area (Å²) in [5.74, 6) is -3.11. The van der Waals surface area contributed by atoms with E-state index in [1.807, 2.05) is 56.3 Å². The van der Waals surface area contributed by atoms with E-state index in [1.165, 1.54) is 6.08 Å². The number of hydrogen-bond donors (Lipinski definition) is 4. The van der Waals surface area contributed by atoms with Gasteiger partial charge in [0.05, 0.1) is 6.04 Å². The van der Waals surface area contributed by atoms with Crippen LogP contribution < -0.4 is 16.0 Å². The highest BCUT2D eigenvalue weighted by atomic mass is 16.4. The fraction of sp³-hybridized carbons (Fsp3) is 0.400. The Balaban J connectivity index is 1.85.